The van der Waals surface area contributed by atoms with E-state index in [1.54, 1.807) is 20.8 Å². The lowest BCUT2D eigenvalue weighted by Gasteiger charge is -2.28. The molecule has 1 heterocycles. The van der Waals surface area contributed by atoms with Crippen LogP contribution in [0.1, 0.15) is 20.8 Å². The molecular weight excluding hydrogens is 180 g/mol. The fraction of sp³-hybridized carbons (Fsp3) is 0.833. The quantitative estimate of drug-likeness (QED) is 0.592. The molecule has 1 aliphatic heterocycles. The molecule has 0 atom stereocenters. The normalized spacial score (nSPS) is 22.6. The van der Waals surface area contributed by atoms with Gasteiger partial charge in [0.05, 0.1) is 5.54 Å². The summed E-state index contributed by atoms with van der Waals surface area (Å²) < 4.78 is 23.4. The summed E-state index contributed by atoms with van der Waals surface area (Å²) >= 11 is 0. The van der Waals surface area contributed by atoms with Gasteiger partial charge in [-0.05, 0) is 20.8 Å². The Balaban J connectivity index is 3.11. The number of rotatable bonds is 0. The topological polar surface area (TPSA) is 66.5 Å². The van der Waals surface area contributed by atoms with Gasteiger partial charge in [0.2, 0.25) is 0 Å². The first kappa shape index (κ1) is 9.31. The van der Waals surface area contributed by atoms with E-state index in [0.29, 0.717) is 0 Å². The average molecular weight is 192 g/mol. The maximum atomic E-state index is 11.3. The Labute approximate surface area is 71.8 Å². The zero-order valence-electron chi connectivity index (χ0n) is 7.29. The molecule has 2 amide bonds. The van der Waals surface area contributed by atoms with Crippen LogP contribution >= 0.6 is 0 Å². The second-order valence-corrected chi connectivity index (χ2v) is 5.49. The summed E-state index contributed by atoms with van der Waals surface area (Å²) in [5.41, 5.74) is -0.681. The number of hydrogen-bond donors (Lipinski definition) is 1. The third-order valence-corrected chi connectivity index (χ3v) is 3.26. The number of carbonyl (C=O) groups is 1. The highest BCUT2D eigenvalue weighted by Gasteiger charge is 2.42. The molecule has 0 aliphatic carbocycles. The number of urea groups is 1. The van der Waals surface area contributed by atoms with Crippen molar-refractivity contribution < 1.29 is 13.2 Å². The molecule has 6 heteroatoms. The minimum absolute atomic E-state index is 0.289. The lowest BCUT2D eigenvalue weighted by molar-refractivity contribution is 0.205. The van der Waals surface area contributed by atoms with Crippen molar-refractivity contribution in [2.24, 2.45) is 0 Å². The number of carbonyl (C=O) groups excluding carboxylic acids is 1. The van der Waals surface area contributed by atoms with Crippen molar-refractivity contribution in [2.45, 2.75) is 26.3 Å². The predicted octanol–water partition coefficient (Wildman–Crippen LogP) is 0.0974. The maximum absolute atomic E-state index is 11.3. The summed E-state index contributed by atoms with van der Waals surface area (Å²) in [7, 11) is -3.42. The third kappa shape index (κ3) is 1.38. The van der Waals surface area contributed by atoms with Crippen molar-refractivity contribution in [3.8, 4) is 0 Å². The first-order chi connectivity index (χ1) is 5.25. The average Bonchev–Trinajstić information content (AvgIpc) is 2.03. The lowest BCUT2D eigenvalue weighted by Crippen LogP contribution is -2.45. The van der Waals surface area contributed by atoms with Crippen molar-refractivity contribution in [2.75, 3.05) is 5.88 Å². The second-order valence-electron chi connectivity index (χ2n) is 3.67. The van der Waals surface area contributed by atoms with Crippen LogP contribution in [0.15, 0.2) is 0 Å². The Morgan fingerprint density at radius 2 is 1.92 bits per heavy atom. The van der Waals surface area contributed by atoms with Crippen LogP contribution in [0.2, 0.25) is 0 Å². The van der Waals surface area contributed by atoms with E-state index in [9.17, 15) is 13.2 Å². The number of nitrogens with one attached hydrogen (secondary N) is 1. The highest BCUT2D eigenvalue weighted by molar-refractivity contribution is 7.90. The molecule has 70 valence electrons. The zero-order chi connectivity index (χ0) is 9.57. The van der Waals surface area contributed by atoms with Gasteiger partial charge in [-0.3, -0.25) is 0 Å². The molecule has 1 N–H and O–H groups in total. The van der Waals surface area contributed by atoms with Crippen molar-refractivity contribution in [3.05, 3.63) is 0 Å². The maximum Gasteiger partial charge on any atom is 0.332 e. The monoisotopic (exact) mass is 192 g/mol. The van der Waals surface area contributed by atoms with Crippen LogP contribution in [0.5, 0.6) is 0 Å². The third-order valence-electron chi connectivity index (χ3n) is 1.48. The number of sulfonamides is 1. The van der Waals surface area contributed by atoms with Gasteiger partial charge in [0.15, 0.2) is 0 Å². The van der Waals surface area contributed by atoms with Crippen LogP contribution in [0.3, 0.4) is 0 Å². The summed E-state index contributed by atoms with van der Waals surface area (Å²) in [6, 6.07) is -0.539. The Kier molecular flexibility index (Phi) is 1.82. The second kappa shape index (κ2) is 2.35. The van der Waals surface area contributed by atoms with Crippen LogP contribution in [0.4, 0.5) is 4.79 Å². The zero-order valence-corrected chi connectivity index (χ0v) is 8.10. The highest BCUT2D eigenvalue weighted by Crippen LogP contribution is 2.21. The van der Waals surface area contributed by atoms with Gasteiger partial charge in [0.1, 0.15) is 5.88 Å². The van der Waals surface area contributed by atoms with Gasteiger partial charge >= 0.3 is 6.03 Å². The molecule has 5 nitrogen and oxygen atoms in total. The SMILES string of the molecule is CC(C)(C)N1C(=O)NCS1(=O)=O. The molecule has 0 radical (unpaired) electrons. The molecule has 0 aromatic heterocycles. The minimum Gasteiger partial charge on any atom is -0.321 e. The van der Waals surface area contributed by atoms with E-state index in [0.717, 1.165) is 4.31 Å². The summed E-state index contributed by atoms with van der Waals surface area (Å²) in [4.78, 5) is 11.1. The van der Waals surface area contributed by atoms with Crippen molar-refractivity contribution in [3.63, 3.8) is 0 Å². The van der Waals surface area contributed by atoms with Crippen LogP contribution in [0, 0.1) is 0 Å². The van der Waals surface area contributed by atoms with Gasteiger partial charge < -0.3 is 5.32 Å². The van der Waals surface area contributed by atoms with E-state index in [2.05, 4.69) is 5.32 Å². The summed E-state index contributed by atoms with van der Waals surface area (Å²) in [5, 5.41) is 2.27. The Morgan fingerprint density at radius 3 is 2.08 bits per heavy atom. The minimum atomic E-state index is -3.42. The number of hydrogen-bond acceptors (Lipinski definition) is 3. The van der Waals surface area contributed by atoms with E-state index >= 15 is 0 Å². The lowest BCUT2D eigenvalue weighted by atomic mass is 10.1. The fourth-order valence-electron chi connectivity index (χ4n) is 1.14. The Morgan fingerprint density at radius 1 is 1.42 bits per heavy atom. The molecule has 1 rings (SSSR count). The molecule has 0 aromatic carbocycles. The van der Waals surface area contributed by atoms with Crippen LogP contribution < -0.4 is 5.32 Å². The smallest absolute Gasteiger partial charge is 0.321 e. The Bertz CT molecular complexity index is 301. The van der Waals surface area contributed by atoms with E-state index in [-0.39, 0.29) is 5.88 Å². The van der Waals surface area contributed by atoms with Crippen molar-refractivity contribution >= 4 is 16.1 Å². The predicted molar refractivity (Wildman–Crippen MR) is 43.9 cm³/mol. The standard InChI is InChI=1S/C6H12N2O3S/c1-6(2,3)8-5(9)7-4-12(8,10)11/h4H2,1-3H3,(H,7,9). The summed E-state index contributed by atoms with van der Waals surface area (Å²) in [6.45, 7) is 5.03. The molecule has 0 aromatic rings. The van der Waals surface area contributed by atoms with Gasteiger partial charge in [-0.2, -0.15) is 0 Å². The van der Waals surface area contributed by atoms with Gasteiger partial charge in [0, 0.05) is 0 Å². The molecule has 12 heavy (non-hydrogen) atoms. The first-order valence-corrected chi connectivity index (χ1v) is 5.17. The molecule has 0 bridgehead atoms. The van der Waals surface area contributed by atoms with Crippen LogP contribution in [0.25, 0.3) is 0 Å². The van der Waals surface area contributed by atoms with Crippen LogP contribution in [-0.2, 0) is 10.0 Å². The Hall–Kier alpha value is -0.780. The first-order valence-electron chi connectivity index (χ1n) is 3.56. The molecule has 0 unspecified atom stereocenters. The van der Waals surface area contributed by atoms with Crippen LogP contribution in [-0.4, -0.2) is 30.2 Å². The molecule has 1 fully saturated rings. The largest absolute Gasteiger partial charge is 0.332 e. The summed E-state index contributed by atoms with van der Waals surface area (Å²) in [5.74, 6) is -0.289. The number of amides is 2. The molecular formula is C6H12N2O3S. The fourth-order valence-corrected chi connectivity index (χ4v) is 2.72. The molecule has 0 saturated carbocycles. The molecule has 1 aliphatic rings. The molecule has 0 spiro atoms. The van der Waals surface area contributed by atoms with Gasteiger partial charge in [-0.25, -0.2) is 17.5 Å². The van der Waals surface area contributed by atoms with Gasteiger partial charge in [-0.1, -0.05) is 0 Å². The van der Waals surface area contributed by atoms with E-state index in [1.165, 1.54) is 0 Å². The van der Waals surface area contributed by atoms with Crippen molar-refractivity contribution in [1.29, 1.82) is 0 Å². The highest BCUT2D eigenvalue weighted by atomic mass is 32.2. The molecule has 1 saturated heterocycles. The van der Waals surface area contributed by atoms with Gasteiger partial charge in [0.25, 0.3) is 10.0 Å². The summed E-state index contributed by atoms with van der Waals surface area (Å²) in [6.07, 6.45) is 0. The van der Waals surface area contributed by atoms with Crippen molar-refractivity contribution in [1.82, 2.24) is 9.62 Å². The van der Waals surface area contributed by atoms with E-state index in [4.69, 9.17) is 0 Å². The van der Waals surface area contributed by atoms with E-state index in [1.807, 2.05) is 0 Å². The van der Waals surface area contributed by atoms with Gasteiger partial charge in [-0.15, -0.1) is 0 Å². The van der Waals surface area contributed by atoms with E-state index < -0.39 is 21.6 Å². The number of nitrogens with zero attached hydrogens (tertiary/aromatic N) is 1.